The van der Waals surface area contributed by atoms with Crippen LogP contribution in [0.4, 0.5) is 4.79 Å². The zero-order valence-corrected chi connectivity index (χ0v) is 21.6. The Labute approximate surface area is 221 Å². The van der Waals surface area contributed by atoms with Crippen molar-refractivity contribution in [3.63, 3.8) is 0 Å². The van der Waals surface area contributed by atoms with Gasteiger partial charge in [0.15, 0.2) is 0 Å². The highest BCUT2D eigenvalue weighted by Crippen LogP contribution is 2.21. The molecular weight excluding hydrogens is 488 g/mol. The van der Waals surface area contributed by atoms with E-state index in [1.54, 1.807) is 24.3 Å². The van der Waals surface area contributed by atoms with Gasteiger partial charge in [-0.1, -0.05) is 74.5 Å². The highest BCUT2D eigenvalue weighted by molar-refractivity contribution is 6.01. The average Bonchev–Trinajstić information content (AvgIpc) is 3.28. The molecule has 1 heterocycles. The standard InChI is InChI=1S/C28H34N4O6/c1-18(2)15-22(26(35)30-21(25(29)34)16-19-9-5-3-6-10-19)31-27(36)23-13-14-24(33)32(23)28(37)38-17-20-11-7-4-8-12-20/h3-12,18,21-23H,13-17H2,1-2H3,(H2,29,34)(H,30,35)(H,31,36)/t21-,22-,23+/m1/s1. The molecule has 1 aliphatic rings. The maximum absolute atomic E-state index is 13.2. The number of hydrogen-bond donors (Lipinski definition) is 3. The molecule has 0 spiro atoms. The van der Waals surface area contributed by atoms with Crippen molar-refractivity contribution in [2.75, 3.05) is 0 Å². The number of hydrogen-bond acceptors (Lipinski definition) is 6. The number of primary amides is 1. The first-order valence-corrected chi connectivity index (χ1v) is 12.6. The third-order valence-corrected chi connectivity index (χ3v) is 6.20. The number of amides is 5. The van der Waals surface area contributed by atoms with Gasteiger partial charge in [0.05, 0.1) is 0 Å². The van der Waals surface area contributed by atoms with Crippen LogP contribution in [0.15, 0.2) is 60.7 Å². The molecule has 0 aromatic heterocycles. The first-order valence-electron chi connectivity index (χ1n) is 12.6. The highest BCUT2D eigenvalue weighted by atomic mass is 16.6. The third-order valence-electron chi connectivity index (χ3n) is 6.20. The second-order valence-corrected chi connectivity index (χ2v) is 9.70. The summed E-state index contributed by atoms with van der Waals surface area (Å²) in [7, 11) is 0. The molecule has 0 saturated carbocycles. The number of imide groups is 1. The topological polar surface area (TPSA) is 148 Å². The molecule has 5 amide bonds. The van der Waals surface area contributed by atoms with E-state index in [2.05, 4.69) is 10.6 Å². The zero-order chi connectivity index (χ0) is 27.7. The predicted molar refractivity (Wildman–Crippen MR) is 139 cm³/mol. The summed E-state index contributed by atoms with van der Waals surface area (Å²) in [4.78, 5) is 64.4. The van der Waals surface area contributed by atoms with Gasteiger partial charge in [0, 0.05) is 12.8 Å². The van der Waals surface area contributed by atoms with Gasteiger partial charge in [0.25, 0.3) is 0 Å². The van der Waals surface area contributed by atoms with Crippen LogP contribution >= 0.6 is 0 Å². The van der Waals surface area contributed by atoms with E-state index >= 15 is 0 Å². The maximum atomic E-state index is 13.2. The molecule has 38 heavy (non-hydrogen) atoms. The van der Waals surface area contributed by atoms with Gasteiger partial charge in [0.2, 0.25) is 23.6 Å². The number of carbonyl (C=O) groups excluding carboxylic acids is 5. The Morgan fingerprint density at radius 1 is 0.947 bits per heavy atom. The van der Waals surface area contributed by atoms with Crippen molar-refractivity contribution < 1.29 is 28.7 Å². The molecule has 2 aromatic carbocycles. The number of ether oxygens (including phenoxy) is 1. The van der Waals surface area contributed by atoms with Crippen LogP contribution in [0.25, 0.3) is 0 Å². The molecule has 0 bridgehead atoms. The largest absolute Gasteiger partial charge is 0.444 e. The number of benzene rings is 2. The summed E-state index contributed by atoms with van der Waals surface area (Å²) in [6, 6.07) is 15.0. The van der Waals surface area contributed by atoms with Crippen LogP contribution in [0.2, 0.25) is 0 Å². The highest BCUT2D eigenvalue weighted by Gasteiger charge is 2.42. The Morgan fingerprint density at radius 2 is 1.55 bits per heavy atom. The minimum Gasteiger partial charge on any atom is -0.444 e. The van der Waals surface area contributed by atoms with Crippen molar-refractivity contribution in [1.29, 1.82) is 0 Å². The van der Waals surface area contributed by atoms with Gasteiger partial charge in [-0.2, -0.15) is 0 Å². The molecule has 202 valence electrons. The Bertz CT molecular complexity index is 1140. The predicted octanol–water partition coefficient (Wildman–Crippen LogP) is 2.06. The van der Waals surface area contributed by atoms with Crippen LogP contribution in [0.3, 0.4) is 0 Å². The summed E-state index contributed by atoms with van der Waals surface area (Å²) in [5.74, 6) is -2.43. The Balaban J connectivity index is 1.67. The number of nitrogens with one attached hydrogen (secondary N) is 2. The molecule has 1 fully saturated rings. The maximum Gasteiger partial charge on any atom is 0.417 e. The van der Waals surface area contributed by atoms with E-state index in [0.717, 1.165) is 16.0 Å². The fourth-order valence-electron chi connectivity index (χ4n) is 4.27. The molecule has 3 atom stereocenters. The lowest BCUT2D eigenvalue weighted by Gasteiger charge is -2.26. The van der Waals surface area contributed by atoms with E-state index in [9.17, 15) is 24.0 Å². The van der Waals surface area contributed by atoms with E-state index in [1.807, 2.05) is 50.2 Å². The van der Waals surface area contributed by atoms with Gasteiger partial charge in [-0.15, -0.1) is 0 Å². The lowest BCUT2D eigenvalue weighted by atomic mass is 10.0. The average molecular weight is 523 g/mol. The van der Waals surface area contributed by atoms with Gasteiger partial charge >= 0.3 is 6.09 Å². The molecule has 10 heteroatoms. The summed E-state index contributed by atoms with van der Waals surface area (Å²) in [6.45, 7) is 3.72. The third kappa shape index (κ3) is 7.89. The van der Waals surface area contributed by atoms with Crippen LogP contribution in [-0.2, 0) is 36.9 Å². The van der Waals surface area contributed by atoms with Crippen molar-refractivity contribution in [2.45, 2.75) is 64.3 Å². The van der Waals surface area contributed by atoms with Crippen molar-refractivity contribution in [1.82, 2.24) is 15.5 Å². The Hall–Kier alpha value is -4.21. The van der Waals surface area contributed by atoms with E-state index in [4.69, 9.17) is 10.5 Å². The van der Waals surface area contributed by atoms with Crippen molar-refractivity contribution >= 4 is 29.7 Å². The van der Waals surface area contributed by atoms with Gasteiger partial charge in [-0.25, -0.2) is 9.69 Å². The molecular formula is C28H34N4O6. The van der Waals surface area contributed by atoms with Gasteiger partial charge in [0.1, 0.15) is 24.7 Å². The molecule has 4 N–H and O–H groups in total. The molecule has 0 radical (unpaired) electrons. The molecule has 0 aliphatic carbocycles. The van der Waals surface area contributed by atoms with Gasteiger partial charge in [-0.3, -0.25) is 19.2 Å². The summed E-state index contributed by atoms with van der Waals surface area (Å²) in [5, 5.41) is 5.32. The van der Waals surface area contributed by atoms with Crippen molar-refractivity contribution in [3.8, 4) is 0 Å². The Morgan fingerprint density at radius 3 is 2.13 bits per heavy atom. The number of carbonyl (C=O) groups is 5. The smallest absolute Gasteiger partial charge is 0.417 e. The normalized spacial score (nSPS) is 16.6. The molecule has 2 aromatic rings. The lowest BCUT2D eigenvalue weighted by molar-refractivity contribution is -0.136. The van der Waals surface area contributed by atoms with E-state index in [-0.39, 0.29) is 38.2 Å². The number of likely N-dealkylation sites (tertiary alicyclic amines) is 1. The van der Waals surface area contributed by atoms with Gasteiger partial charge < -0.3 is 21.1 Å². The minimum atomic E-state index is -1.11. The lowest BCUT2D eigenvalue weighted by Crippen LogP contribution is -2.57. The fraction of sp³-hybridized carbons (Fsp3) is 0.393. The summed E-state index contributed by atoms with van der Waals surface area (Å²) in [5.41, 5.74) is 7.09. The van der Waals surface area contributed by atoms with E-state index < -0.39 is 47.8 Å². The summed E-state index contributed by atoms with van der Waals surface area (Å²) in [6.07, 6.45) is -0.340. The Kier molecular flexibility index (Phi) is 9.98. The zero-order valence-electron chi connectivity index (χ0n) is 21.6. The van der Waals surface area contributed by atoms with Gasteiger partial charge in [-0.05, 0) is 29.9 Å². The quantitative estimate of drug-likeness (QED) is 0.411. The minimum absolute atomic E-state index is 0.000389. The van der Waals surface area contributed by atoms with Crippen LogP contribution in [-0.4, -0.2) is 52.7 Å². The monoisotopic (exact) mass is 522 g/mol. The van der Waals surface area contributed by atoms with Crippen molar-refractivity contribution in [3.05, 3.63) is 71.8 Å². The van der Waals surface area contributed by atoms with Crippen molar-refractivity contribution in [2.24, 2.45) is 11.7 Å². The van der Waals surface area contributed by atoms with E-state index in [1.165, 1.54) is 0 Å². The van der Waals surface area contributed by atoms with Crippen LogP contribution < -0.4 is 16.4 Å². The van der Waals surface area contributed by atoms with E-state index in [0.29, 0.717) is 0 Å². The van der Waals surface area contributed by atoms with Crippen LogP contribution in [0, 0.1) is 5.92 Å². The summed E-state index contributed by atoms with van der Waals surface area (Å²) < 4.78 is 5.27. The second kappa shape index (κ2) is 13.4. The first-order chi connectivity index (χ1) is 18.2. The van der Waals surface area contributed by atoms with Crippen LogP contribution in [0.5, 0.6) is 0 Å². The SMILES string of the molecule is CC(C)C[C@@H](NC(=O)[C@@H]1CCC(=O)N1C(=O)OCc1ccccc1)C(=O)N[C@H](Cc1ccccc1)C(N)=O. The molecule has 3 rings (SSSR count). The first kappa shape index (κ1) is 28.4. The van der Waals surface area contributed by atoms with Crippen LogP contribution in [0.1, 0.15) is 44.2 Å². The number of rotatable bonds is 11. The molecule has 10 nitrogen and oxygen atoms in total. The summed E-state index contributed by atoms with van der Waals surface area (Å²) >= 11 is 0. The molecule has 0 unspecified atom stereocenters. The number of nitrogens with zero attached hydrogens (tertiary/aromatic N) is 1. The molecule has 1 saturated heterocycles. The number of nitrogens with two attached hydrogens (primary N) is 1. The molecule has 1 aliphatic heterocycles. The second-order valence-electron chi connectivity index (χ2n) is 9.70. The fourth-order valence-corrected chi connectivity index (χ4v) is 4.27.